The van der Waals surface area contributed by atoms with Crippen molar-refractivity contribution in [3.63, 3.8) is 0 Å². The number of hydrogen-bond acceptors (Lipinski definition) is 8. The molecule has 0 unspecified atom stereocenters. The predicted molar refractivity (Wildman–Crippen MR) is 138 cm³/mol. The fourth-order valence-electron chi connectivity index (χ4n) is 5.54. The molecule has 206 valence electrons. The summed E-state index contributed by atoms with van der Waals surface area (Å²) >= 11 is 0. The topological polar surface area (TPSA) is 116 Å². The van der Waals surface area contributed by atoms with Gasteiger partial charge in [0, 0.05) is 30.6 Å². The van der Waals surface area contributed by atoms with Crippen LogP contribution in [-0.2, 0) is 11.3 Å². The zero-order valence-corrected chi connectivity index (χ0v) is 21.8. The highest BCUT2D eigenvalue weighted by Gasteiger charge is 2.47. The van der Waals surface area contributed by atoms with E-state index in [9.17, 15) is 19.4 Å². The molecule has 5 rings (SSSR count). The number of aliphatic hydroxyl groups is 2. The molecule has 4 atom stereocenters. The first-order valence-electron chi connectivity index (χ1n) is 12.4. The molecule has 0 saturated heterocycles. The summed E-state index contributed by atoms with van der Waals surface area (Å²) in [6.07, 6.45) is -1.18. The molecular weight excluding hydrogens is 509 g/mol. The maximum atomic E-state index is 14.3. The first-order chi connectivity index (χ1) is 18.9. The van der Waals surface area contributed by atoms with Crippen molar-refractivity contribution >= 4 is 5.91 Å². The molecule has 1 amide bonds. The Kier molecular flexibility index (Phi) is 7.49. The third-order valence-electron chi connectivity index (χ3n) is 7.43. The van der Waals surface area contributed by atoms with Crippen molar-refractivity contribution < 1.29 is 43.1 Å². The first kappa shape index (κ1) is 26.6. The second-order valence-corrected chi connectivity index (χ2v) is 9.40. The summed E-state index contributed by atoms with van der Waals surface area (Å²) in [5.74, 6) is -1.33. The summed E-state index contributed by atoms with van der Waals surface area (Å²) < 4.78 is 42.1. The van der Waals surface area contributed by atoms with Crippen LogP contribution in [0.2, 0.25) is 0 Å². The molecule has 10 heteroatoms. The summed E-state index contributed by atoms with van der Waals surface area (Å²) in [7, 11) is 4.48. The van der Waals surface area contributed by atoms with Gasteiger partial charge >= 0.3 is 0 Å². The van der Waals surface area contributed by atoms with E-state index in [-0.39, 0.29) is 13.3 Å². The Hall–Kier alpha value is -4.02. The minimum atomic E-state index is -1.18. The van der Waals surface area contributed by atoms with Crippen LogP contribution in [0.5, 0.6) is 28.7 Å². The number of benzene rings is 3. The summed E-state index contributed by atoms with van der Waals surface area (Å²) in [4.78, 5) is 13.9. The van der Waals surface area contributed by atoms with E-state index in [0.29, 0.717) is 51.0 Å². The van der Waals surface area contributed by atoms with Gasteiger partial charge in [0.2, 0.25) is 18.4 Å². The Morgan fingerprint density at radius 2 is 1.64 bits per heavy atom. The molecule has 1 aliphatic heterocycles. The minimum Gasteiger partial charge on any atom is -0.493 e. The quantitative estimate of drug-likeness (QED) is 0.400. The highest BCUT2D eigenvalue weighted by Crippen LogP contribution is 2.53. The zero-order valence-electron chi connectivity index (χ0n) is 21.8. The van der Waals surface area contributed by atoms with Gasteiger partial charge in [0.1, 0.15) is 5.82 Å². The van der Waals surface area contributed by atoms with Crippen LogP contribution >= 0.6 is 0 Å². The molecule has 39 heavy (non-hydrogen) atoms. The molecule has 3 aromatic carbocycles. The average molecular weight is 540 g/mol. The minimum absolute atomic E-state index is 0.0269. The molecule has 0 radical (unpaired) electrons. The van der Waals surface area contributed by atoms with Crippen molar-refractivity contribution in [3.05, 3.63) is 76.6 Å². The molecule has 3 aromatic rings. The van der Waals surface area contributed by atoms with Crippen LogP contribution in [-0.4, -0.2) is 50.8 Å². The molecule has 1 heterocycles. The standard InChI is InChI=1S/C29H30FNO8/c1-35-23-8-16(9-24(36-2)28(23)37-3)25-17-10-21-22(39-14-38-21)11-18(17)27(33)19(13-32)26(25)29(34)31-12-15-6-4-5-7-20(15)30/h4-11,19,25-27,32-33H,12-14H2,1-3H3,(H,31,34)/t19-,25+,26-,27-/m0/s1. The first-order valence-corrected chi connectivity index (χ1v) is 12.4. The smallest absolute Gasteiger partial charge is 0.231 e. The summed E-state index contributed by atoms with van der Waals surface area (Å²) in [5.41, 5.74) is 2.07. The van der Waals surface area contributed by atoms with E-state index in [4.69, 9.17) is 23.7 Å². The Balaban J connectivity index is 1.66. The van der Waals surface area contributed by atoms with Crippen molar-refractivity contribution in [2.75, 3.05) is 34.7 Å². The normalized spacial score (nSPS) is 21.2. The number of methoxy groups -OCH3 is 3. The van der Waals surface area contributed by atoms with Gasteiger partial charge in [0.15, 0.2) is 23.0 Å². The number of carbonyl (C=O) groups is 1. The third kappa shape index (κ3) is 4.70. The van der Waals surface area contributed by atoms with E-state index in [1.165, 1.54) is 27.4 Å². The summed E-state index contributed by atoms with van der Waals surface area (Å²) in [6.45, 7) is -0.515. The molecule has 0 bridgehead atoms. The fourth-order valence-corrected chi connectivity index (χ4v) is 5.54. The van der Waals surface area contributed by atoms with Gasteiger partial charge in [-0.25, -0.2) is 4.39 Å². The van der Waals surface area contributed by atoms with E-state index in [2.05, 4.69) is 5.32 Å². The Labute approximate surface area is 225 Å². The van der Waals surface area contributed by atoms with Crippen LogP contribution in [0.1, 0.15) is 34.3 Å². The SMILES string of the molecule is COc1cc([C@@H]2c3cc4c(cc3[C@H](O)[C@@H](CO)[C@@H]2C(=O)NCc2ccccc2F)OCO4)cc(OC)c1OC. The lowest BCUT2D eigenvalue weighted by Crippen LogP contribution is -2.45. The van der Waals surface area contributed by atoms with Crippen LogP contribution in [0.3, 0.4) is 0 Å². The Bertz CT molecular complexity index is 1350. The molecule has 2 aliphatic rings. The molecule has 3 N–H and O–H groups in total. The number of amides is 1. The van der Waals surface area contributed by atoms with Crippen molar-refractivity contribution in [1.82, 2.24) is 5.32 Å². The number of rotatable bonds is 8. The Morgan fingerprint density at radius 1 is 1.00 bits per heavy atom. The van der Waals surface area contributed by atoms with Crippen LogP contribution in [0.4, 0.5) is 4.39 Å². The van der Waals surface area contributed by atoms with Gasteiger partial charge < -0.3 is 39.2 Å². The number of fused-ring (bicyclic) bond motifs is 2. The molecule has 9 nitrogen and oxygen atoms in total. The van der Waals surface area contributed by atoms with Crippen molar-refractivity contribution in [3.8, 4) is 28.7 Å². The highest BCUT2D eigenvalue weighted by atomic mass is 19.1. The van der Waals surface area contributed by atoms with Crippen molar-refractivity contribution in [1.29, 1.82) is 0 Å². The zero-order chi connectivity index (χ0) is 27.7. The second kappa shape index (κ2) is 11.0. The van der Waals surface area contributed by atoms with Crippen LogP contribution in [0, 0.1) is 17.7 Å². The van der Waals surface area contributed by atoms with E-state index < -0.39 is 42.2 Å². The van der Waals surface area contributed by atoms with Crippen molar-refractivity contribution in [2.24, 2.45) is 11.8 Å². The summed E-state index contributed by atoms with van der Waals surface area (Å²) in [5, 5.41) is 24.6. The van der Waals surface area contributed by atoms with Gasteiger partial charge in [-0.15, -0.1) is 0 Å². The van der Waals surface area contributed by atoms with E-state index in [1.54, 1.807) is 42.5 Å². The van der Waals surface area contributed by atoms with Crippen molar-refractivity contribution in [2.45, 2.75) is 18.6 Å². The van der Waals surface area contributed by atoms with Crippen LogP contribution < -0.4 is 29.0 Å². The Morgan fingerprint density at radius 3 is 2.23 bits per heavy atom. The van der Waals surface area contributed by atoms with Crippen LogP contribution in [0.25, 0.3) is 0 Å². The maximum Gasteiger partial charge on any atom is 0.231 e. The van der Waals surface area contributed by atoms with Gasteiger partial charge in [-0.05, 0) is 47.0 Å². The molecular formula is C29H30FNO8. The molecule has 0 spiro atoms. The second-order valence-electron chi connectivity index (χ2n) is 9.40. The van der Waals surface area contributed by atoms with Gasteiger partial charge in [-0.3, -0.25) is 4.79 Å². The lowest BCUT2D eigenvalue weighted by molar-refractivity contribution is -0.131. The maximum absolute atomic E-state index is 14.3. The molecule has 0 saturated carbocycles. The predicted octanol–water partition coefficient (Wildman–Crippen LogP) is 3.30. The van der Waals surface area contributed by atoms with Gasteiger partial charge in [-0.2, -0.15) is 0 Å². The monoisotopic (exact) mass is 539 g/mol. The number of nitrogens with one attached hydrogen (secondary N) is 1. The number of ether oxygens (including phenoxy) is 5. The lowest BCUT2D eigenvalue weighted by atomic mass is 9.64. The lowest BCUT2D eigenvalue weighted by Gasteiger charge is -2.41. The molecule has 0 fully saturated rings. The van der Waals surface area contributed by atoms with E-state index >= 15 is 0 Å². The summed E-state index contributed by atoms with van der Waals surface area (Å²) in [6, 6.07) is 13.1. The largest absolute Gasteiger partial charge is 0.493 e. The van der Waals surface area contributed by atoms with Gasteiger partial charge in [-0.1, -0.05) is 18.2 Å². The number of aliphatic hydroxyl groups excluding tert-OH is 2. The third-order valence-corrected chi connectivity index (χ3v) is 7.43. The number of hydrogen-bond donors (Lipinski definition) is 3. The molecule has 1 aliphatic carbocycles. The highest BCUT2D eigenvalue weighted by molar-refractivity contribution is 5.82. The number of halogens is 1. The van der Waals surface area contributed by atoms with E-state index in [1.807, 2.05) is 0 Å². The fraction of sp³-hybridized carbons (Fsp3) is 0.345. The van der Waals surface area contributed by atoms with Gasteiger partial charge in [0.05, 0.1) is 33.4 Å². The van der Waals surface area contributed by atoms with Gasteiger partial charge in [0.25, 0.3) is 0 Å². The van der Waals surface area contributed by atoms with E-state index in [0.717, 1.165) is 0 Å². The van der Waals surface area contributed by atoms with Crippen LogP contribution in [0.15, 0.2) is 48.5 Å². The molecule has 0 aromatic heterocycles. The number of carbonyl (C=O) groups excluding carboxylic acids is 1. The average Bonchev–Trinajstić information content (AvgIpc) is 3.42.